The second-order valence-corrected chi connectivity index (χ2v) is 29.8. The molecular formula is C98H78F3N17Os4-12. The largest absolute Gasteiger partial charge is 0.504 e. The molecule has 0 bridgehead atoms. The van der Waals surface area contributed by atoms with Crippen molar-refractivity contribution in [2.75, 3.05) is 135 Å². The Labute approximate surface area is 764 Å². The molecule has 0 radical (unpaired) electrons. The summed E-state index contributed by atoms with van der Waals surface area (Å²) < 4.78 is 41.3. The van der Waals surface area contributed by atoms with Crippen molar-refractivity contribution in [2.45, 2.75) is 6.18 Å². The van der Waals surface area contributed by atoms with Gasteiger partial charge in [-0.2, -0.15) is 78.7 Å². The Morgan fingerprint density at radius 3 is 0.656 bits per heavy atom. The first-order valence-electron chi connectivity index (χ1n) is 38.6. The van der Waals surface area contributed by atoms with Gasteiger partial charge in [0.25, 0.3) is 0 Å². The summed E-state index contributed by atoms with van der Waals surface area (Å²) in [6.45, 7) is 23.7. The van der Waals surface area contributed by atoms with Crippen molar-refractivity contribution in [3.05, 3.63) is 374 Å². The predicted molar refractivity (Wildman–Crippen MR) is 478 cm³/mol. The average Bonchev–Trinajstić information content (AvgIpc) is 1.58. The Bertz CT molecular complexity index is 5930. The summed E-state index contributed by atoms with van der Waals surface area (Å²) in [5, 5.41) is 4.97. The molecule has 22 rings (SSSR count). The molecule has 0 aliphatic carbocycles. The van der Waals surface area contributed by atoms with Crippen LogP contribution in [0.25, 0.3) is 26.4 Å². The van der Waals surface area contributed by atoms with E-state index in [1.165, 1.54) is 67.0 Å². The van der Waals surface area contributed by atoms with E-state index in [2.05, 4.69) is 325 Å². The number of benzene rings is 14. The molecule has 0 aromatic heterocycles. The summed E-state index contributed by atoms with van der Waals surface area (Å²) in [5.74, 6) is 0. The topological polar surface area (TPSA) is 56.2 Å². The van der Waals surface area contributed by atoms with Crippen LogP contribution in [0.1, 0.15) is 5.56 Å². The third-order valence-electron chi connectivity index (χ3n) is 22.1. The van der Waals surface area contributed by atoms with E-state index in [0.29, 0.717) is 17.1 Å². The van der Waals surface area contributed by atoms with Crippen LogP contribution in [0.2, 0.25) is 0 Å². The average molecular weight is 2310 g/mol. The number of hydrogen-bond acceptors (Lipinski definition) is 16. The van der Waals surface area contributed by atoms with Crippen molar-refractivity contribution in [3.63, 3.8) is 0 Å². The van der Waals surface area contributed by atoms with Gasteiger partial charge in [-0.1, -0.05) is 127 Å². The minimum absolute atomic E-state index is 0. The number of rotatable bonds is 8. The number of anilines is 24. The first kappa shape index (κ1) is 85.2. The Morgan fingerprint density at radius 1 is 0.230 bits per heavy atom. The first-order valence-corrected chi connectivity index (χ1v) is 38.6. The van der Waals surface area contributed by atoms with Crippen LogP contribution in [-0.4, -0.2) is 56.4 Å². The summed E-state index contributed by atoms with van der Waals surface area (Å²) in [5.41, 5.74) is 23.7. The van der Waals surface area contributed by atoms with Crippen LogP contribution >= 0.6 is 0 Å². The number of para-hydroxylation sites is 12. The van der Waals surface area contributed by atoms with Crippen LogP contribution in [0.15, 0.2) is 279 Å². The predicted octanol–water partition coefficient (Wildman–Crippen LogP) is 23.5. The fourth-order valence-corrected chi connectivity index (χ4v) is 16.4. The molecule has 0 spiro atoms. The fourth-order valence-electron chi connectivity index (χ4n) is 16.4. The number of nitrogens with zero attached hydrogens (tertiary/aromatic N) is 17. The third-order valence-corrected chi connectivity index (χ3v) is 22.1. The molecule has 8 aliphatic rings. The standard InChI is InChI=1S/C30H23N4.C23H18F3N4.C23H18N5.C22H19N4.4Os/c1-31-19-33(29-16-23-10-5-3-8-21(23)14-27(29)31)25-12-7-13-26(18-25)34-20-32(2)28-15-22-9-4-6-11-24(22)17-30(28)34;1-27-14-29(21-9-5-3-7-19(21)27)17-11-16(23(24,25)26)12-18(13-17)30-15-28(2)20-8-4-6-10-22(20)30;1-24-17-12-18(27-15-25(2)20-8-4-6-10-22(20)27)14-19(13-17)28-16-26(3)21-9-5-7-11-23(21)28;1-23-15-25(21-12-5-3-10-19(21)23)17-8-7-9-18(14-17)26-16-24(2)20-11-4-6-13-22(20)26;;;;/h3-17,19-20H,1-2H3;3-12,14-15H,1-2H3;4-13,15-16H,2-3H3;3-13,15-16H,1-2H3;;;;/q4*-3;;;;. The molecule has 0 atom stereocenters. The van der Waals surface area contributed by atoms with E-state index in [9.17, 15) is 13.2 Å². The molecule has 0 unspecified atom stereocenters. The molecule has 24 heteroatoms. The van der Waals surface area contributed by atoms with E-state index in [-0.39, 0.29) is 79.2 Å². The van der Waals surface area contributed by atoms with Crippen LogP contribution in [0.5, 0.6) is 0 Å². The molecule has 0 fully saturated rings. The van der Waals surface area contributed by atoms with Crippen molar-refractivity contribution >= 4 is 164 Å². The zero-order valence-corrected chi connectivity index (χ0v) is 77.5. The number of hydrogen-bond donors (Lipinski definition) is 0. The van der Waals surface area contributed by atoms with Gasteiger partial charge in [-0.15, -0.1) is 118 Å². The zero-order chi connectivity index (χ0) is 80.8. The molecule has 14 aromatic rings. The van der Waals surface area contributed by atoms with Gasteiger partial charge in [0.15, 0.2) is 0 Å². The zero-order valence-electron chi connectivity index (χ0n) is 67.3. The van der Waals surface area contributed by atoms with E-state index in [4.69, 9.17) is 6.57 Å². The van der Waals surface area contributed by atoms with E-state index < -0.39 is 11.7 Å². The van der Waals surface area contributed by atoms with Gasteiger partial charge in [-0.25, -0.2) is 0 Å². The SMILES string of the molecule is CN1[CH-]N(c2[c-]c(N3[CH-]N(C)c4cc5ccccc5cc43)ccc2)c2cc3ccccc3cc21.CN1[CH-]N(c2[c-]c(N3[CH-]N(C)c4ccccc43)cc(C(F)(F)F)c2)c2ccccc21.CN1[CH-]N(c2[c-]c(N3[CH-]N(C)c4ccccc43)ccc2)c2ccccc21.[C-]#[N+]c1cc(N2[CH-]N(C)c3ccccc32)[c-]c(N2[CH-]N(C)c3ccccc32)c1.[Os].[Os].[Os].[Os]. The summed E-state index contributed by atoms with van der Waals surface area (Å²) in [4.78, 5) is 36.7. The Morgan fingerprint density at radius 2 is 0.418 bits per heavy atom. The summed E-state index contributed by atoms with van der Waals surface area (Å²) in [6.07, 6.45) is -4.48. The quantitative estimate of drug-likeness (QED) is 0.136. The van der Waals surface area contributed by atoms with Crippen molar-refractivity contribution in [3.8, 4) is 0 Å². The monoisotopic (exact) mass is 2320 g/mol. The molecule has 17 nitrogen and oxygen atoms in total. The van der Waals surface area contributed by atoms with E-state index in [0.717, 1.165) is 91.8 Å². The molecule has 14 aromatic carbocycles. The maximum atomic E-state index is 13.8. The van der Waals surface area contributed by atoms with Crippen LogP contribution in [0.4, 0.5) is 155 Å². The summed E-state index contributed by atoms with van der Waals surface area (Å²) in [6, 6.07) is 107. The molecular weight excluding hydrogens is 2230 g/mol. The molecule has 0 N–H and O–H groups in total. The molecule has 0 saturated carbocycles. The second kappa shape index (κ2) is 35.0. The third kappa shape index (κ3) is 15.8. The Balaban J connectivity index is 0.000000126. The maximum Gasteiger partial charge on any atom is 0.394 e. The van der Waals surface area contributed by atoms with Crippen molar-refractivity contribution < 1.29 is 92.3 Å². The van der Waals surface area contributed by atoms with Crippen LogP contribution in [0.3, 0.4) is 0 Å². The molecule has 620 valence electrons. The molecule has 0 amide bonds. The number of alkyl halides is 3. The van der Waals surface area contributed by atoms with Crippen molar-refractivity contribution in [2.24, 2.45) is 0 Å². The molecule has 8 aliphatic heterocycles. The normalized spacial score (nSPS) is 14.7. The van der Waals surface area contributed by atoms with Gasteiger partial charge < -0.3 is 78.4 Å². The van der Waals surface area contributed by atoms with E-state index in [1.54, 1.807) is 23.1 Å². The van der Waals surface area contributed by atoms with E-state index >= 15 is 0 Å². The van der Waals surface area contributed by atoms with Crippen molar-refractivity contribution in [1.29, 1.82) is 0 Å². The van der Waals surface area contributed by atoms with Crippen LogP contribution < -0.4 is 78.4 Å². The minimum Gasteiger partial charge on any atom is -0.504 e. The van der Waals surface area contributed by atoms with Gasteiger partial charge in [0.05, 0.1) is 12.3 Å². The Kier molecular flexibility index (Phi) is 24.4. The molecule has 0 saturated heterocycles. The van der Waals surface area contributed by atoms with Gasteiger partial charge in [-0.3, -0.25) is 4.85 Å². The van der Waals surface area contributed by atoms with Gasteiger partial charge in [-0.05, 0) is 175 Å². The summed E-state index contributed by atoms with van der Waals surface area (Å²) >= 11 is 0. The minimum atomic E-state index is -4.48. The van der Waals surface area contributed by atoms with Gasteiger partial charge in [0.1, 0.15) is 0 Å². The van der Waals surface area contributed by atoms with Crippen LogP contribution in [0, 0.1) is 84.2 Å². The van der Waals surface area contributed by atoms with Gasteiger partial charge >= 0.3 is 6.18 Å². The number of fused-ring (bicyclic) bond motifs is 10. The molecule has 122 heavy (non-hydrogen) atoms. The smallest absolute Gasteiger partial charge is 0.394 e. The van der Waals surface area contributed by atoms with E-state index in [1.807, 2.05) is 136 Å². The van der Waals surface area contributed by atoms with Crippen LogP contribution in [-0.2, 0) is 85.3 Å². The molecule has 8 heterocycles. The summed E-state index contributed by atoms with van der Waals surface area (Å²) in [7, 11) is 16.1. The fraction of sp³-hybridized carbons (Fsp3) is 0.0918. The van der Waals surface area contributed by atoms with Crippen molar-refractivity contribution in [1.82, 2.24) is 0 Å². The van der Waals surface area contributed by atoms with Gasteiger partial charge in [0.2, 0.25) is 0 Å². The Hall–Kier alpha value is -11.8. The maximum absolute atomic E-state index is 13.8. The second-order valence-electron chi connectivity index (χ2n) is 29.8. The first-order chi connectivity index (χ1) is 57.4. The number of halogens is 3. The van der Waals surface area contributed by atoms with Gasteiger partial charge in [0, 0.05) is 170 Å².